The molecule has 0 aromatic rings. The molecule has 2 saturated heterocycles. The fraction of sp³-hybridized carbons (Fsp3) is 1.00. The number of rotatable bonds is 4. The molecule has 1 spiro atoms. The standard InChI is InChI=1S/C12H21F2NOS/c1-9-12(5-8-17-9)10(15-6-7-16-12)3-2-4-11(13)14/h9-11,15H,2-8H2,1H3. The Morgan fingerprint density at radius 2 is 2.35 bits per heavy atom. The zero-order valence-corrected chi connectivity index (χ0v) is 11.1. The van der Waals surface area contributed by atoms with Crippen molar-refractivity contribution in [3.63, 3.8) is 0 Å². The maximum absolute atomic E-state index is 12.2. The lowest BCUT2D eigenvalue weighted by Crippen LogP contribution is -2.60. The third-order valence-corrected chi connectivity index (χ3v) is 5.26. The summed E-state index contributed by atoms with van der Waals surface area (Å²) in [7, 11) is 0. The summed E-state index contributed by atoms with van der Waals surface area (Å²) in [5, 5.41) is 3.94. The van der Waals surface area contributed by atoms with Gasteiger partial charge in [0.1, 0.15) is 0 Å². The fourth-order valence-electron chi connectivity index (χ4n) is 2.96. The third kappa shape index (κ3) is 2.93. The molecule has 3 unspecified atom stereocenters. The molecule has 1 N–H and O–H groups in total. The van der Waals surface area contributed by atoms with Crippen LogP contribution in [0.4, 0.5) is 8.78 Å². The number of hydrogen-bond acceptors (Lipinski definition) is 3. The number of ether oxygens (including phenoxy) is 1. The van der Waals surface area contributed by atoms with Gasteiger partial charge in [0.25, 0.3) is 0 Å². The van der Waals surface area contributed by atoms with Crippen LogP contribution < -0.4 is 5.32 Å². The summed E-state index contributed by atoms with van der Waals surface area (Å²) in [6, 6.07) is 0.250. The largest absolute Gasteiger partial charge is 0.371 e. The summed E-state index contributed by atoms with van der Waals surface area (Å²) < 4.78 is 30.4. The van der Waals surface area contributed by atoms with Gasteiger partial charge in [0.2, 0.25) is 6.43 Å². The quantitative estimate of drug-likeness (QED) is 0.844. The maximum atomic E-state index is 12.2. The molecule has 0 aromatic heterocycles. The third-order valence-electron chi connectivity index (χ3n) is 3.92. The molecule has 2 fully saturated rings. The summed E-state index contributed by atoms with van der Waals surface area (Å²) >= 11 is 1.93. The lowest BCUT2D eigenvalue weighted by Gasteiger charge is -2.44. The molecule has 0 bridgehead atoms. The first-order valence-electron chi connectivity index (χ1n) is 6.42. The SMILES string of the molecule is CC1SCCC12OCCNC2CCCC(F)F. The topological polar surface area (TPSA) is 21.3 Å². The highest BCUT2D eigenvalue weighted by Crippen LogP contribution is 2.43. The van der Waals surface area contributed by atoms with Crippen molar-refractivity contribution < 1.29 is 13.5 Å². The molecular weight excluding hydrogens is 244 g/mol. The van der Waals surface area contributed by atoms with Crippen LogP contribution in [0.2, 0.25) is 0 Å². The zero-order valence-electron chi connectivity index (χ0n) is 10.3. The van der Waals surface area contributed by atoms with Crippen LogP contribution in [0.1, 0.15) is 32.6 Å². The molecule has 2 rings (SSSR count). The van der Waals surface area contributed by atoms with E-state index in [1.54, 1.807) is 0 Å². The highest BCUT2D eigenvalue weighted by Gasteiger charge is 2.49. The van der Waals surface area contributed by atoms with E-state index in [4.69, 9.17) is 4.74 Å². The number of alkyl halides is 2. The van der Waals surface area contributed by atoms with Crippen LogP contribution in [-0.2, 0) is 4.74 Å². The second-order valence-electron chi connectivity index (χ2n) is 4.90. The van der Waals surface area contributed by atoms with E-state index in [0.717, 1.165) is 31.7 Å². The molecule has 0 saturated carbocycles. The van der Waals surface area contributed by atoms with Crippen LogP contribution in [0, 0.1) is 0 Å². The molecule has 100 valence electrons. The molecule has 2 aliphatic heterocycles. The van der Waals surface area contributed by atoms with Gasteiger partial charge < -0.3 is 10.1 Å². The minimum Gasteiger partial charge on any atom is -0.371 e. The van der Waals surface area contributed by atoms with Gasteiger partial charge in [-0.3, -0.25) is 0 Å². The van der Waals surface area contributed by atoms with Crippen molar-refractivity contribution in [2.75, 3.05) is 18.9 Å². The van der Waals surface area contributed by atoms with Crippen LogP contribution in [0.3, 0.4) is 0 Å². The molecule has 17 heavy (non-hydrogen) atoms. The molecule has 0 amide bonds. The van der Waals surface area contributed by atoms with Crippen molar-refractivity contribution in [2.24, 2.45) is 0 Å². The molecule has 2 nitrogen and oxygen atoms in total. The van der Waals surface area contributed by atoms with E-state index in [2.05, 4.69) is 12.2 Å². The molecule has 0 aliphatic carbocycles. The van der Waals surface area contributed by atoms with E-state index < -0.39 is 6.43 Å². The molecule has 2 aliphatic rings. The van der Waals surface area contributed by atoms with Gasteiger partial charge in [-0.15, -0.1) is 0 Å². The predicted molar refractivity (Wildman–Crippen MR) is 66.9 cm³/mol. The summed E-state index contributed by atoms with van der Waals surface area (Å²) in [6.07, 6.45) is 0.263. The second kappa shape index (κ2) is 5.85. The number of halogens is 2. The zero-order chi connectivity index (χ0) is 12.3. The highest BCUT2D eigenvalue weighted by molar-refractivity contribution is 8.00. The number of thioether (sulfide) groups is 1. The van der Waals surface area contributed by atoms with Gasteiger partial charge >= 0.3 is 0 Å². The number of morpholine rings is 1. The summed E-state index contributed by atoms with van der Waals surface area (Å²) in [4.78, 5) is 0. The van der Waals surface area contributed by atoms with Gasteiger partial charge in [-0.2, -0.15) is 11.8 Å². The Hall–Kier alpha value is 0.130. The average Bonchev–Trinajstić information content (AvgIpc) is 2.64. The molecular formula is C12H21F2NOS. The Morgan fingerprint density at radius 3 is 3.00 bits per heavy atom. The lowest BCUT2D eigenvalue weighted by molar-refractivity contribution is -0.0951. The van der Waals surface area contributed by atoms with Crippen LogP contribution >= 0.6 is 11.8 Å². The first kappa shape index (κ1) is 13.6. The monoisotopic (exact) mass is 265 g/mol. The van der Waals surface area contributed by atoms with Crippen molar-refractivity contribution in [3.05, 3.63) is 0 Å². The molecule has 0 radical (unpaired) electrons. The van der Waals surface area contributed by atoms with Gasteiger partial charge in [-0.25, -0.2) is 8.78 Å². The minimum atomic E-state index is -2.18. The fourth-order valence-corrected chi connectivity index (χ4v) is 4.38. The lowest BCUT2D eigenvalue weighted by atomic mass is 9.84. The van der Waals surface area contributed by atoms with Gasteiger partial charge in [0, 0.05) is 24.3 Å². The van der Waals surface area contributed by atoms with Gasteiger partial charge in [-0.05, 0) is 25.0 Å². The van der Waals surface area contributed by atoms with Crippen molar-refractivity contribution in [2.45, 2.75) is 55.9 Å². The molecule has 3 atom stereocenters. The van der Waals surface area contributed by atoms with Crippen LogP contribution in [-0.4, -0.2) is 42.2 Å². The number of hydrogen-bond donors (Lipinski definition) is 1. The van der Waals surface area contributed by atoms with Crippen molar-refractivity contribution in [3.8, 4) is 0 Å². The Morgan fingerprint density at radius 1 is 1.53 bits per heavy atom. The Labute approximate surface area is 106 Å². The molecule has 0 aromatic carbocycles. The van der Waals surface area contributed by atoms with Crippen LogP contribution in [0.25, 0.3) is 0 Å². The van der Waals surface area contributed by atoms with Crippen molar-refractivity contribution in [1.82, 2.24) is 5.32 Å². The Kier molecular flexibility index (Phi) is 4.66. The van der Waals surface area contributed by atoms with Crippen LogP contribution in [0.5, 0.6) is 0 Å². The summed E-state index contributed by atoms with van der Waals surface area (Å²) in [5.74, 6) is 1.12. The molecule has 2 heterocycles. The Bertz CT molecular complexity index is 255. The first-order valence-corrected chi connectivity index (χ1v) is 7.47. The van der Waals surface area contributed by atoms with Gasteiger partial charge in [0.15, 0.2) is 0 Å². The van der Waals surface area contributed by atoms with E-state index >= 15 is 0 Å². The van der Waals surface area contributed by atoms with E-state index in [1.165, 1.54) is 0 Å². The van der Waals surface area contributed by atoms with E-state index in [9.17, 15) is 8.78 Å². The minimum absolute atomic E-state index is 0.00971. The molecule has 5 heteroatoms. The number of nitrogens with one attached hydrogen (secondary N) is 1. The van der Waals surface area contributed by atoms with Crippen molar-refractivity contribution >= 4 is 11.8 Å². The Balaban J connectivity index is 1.93. The summed E-state index contributed by atoms with van der Waals surface area (Å²) in [5.41, 5.74) is -0.106. The maximum Gasteiger partial charge on any atom is 0.238 e. The highest BCUT2D eigenvalue weighted by atomic mass is 32.2. The van der Waals surface area contributed by atoms with Gasteiger partial charge in [-0.1, -0.05) is 6.92 Å². The van der Waals surface area contributed by atoms with E-state index in [-0.39, 0.29) is 18.1 Å². The van der Waals surface area contributed by atoms with E-state index in [1.807, 2.05) is 11.8 Å². The van der Waals surface area contributed by atoms with E-state index in [0.29, 0.717) is 11.7 Å². The van der Waals surface area contributed by atoms with Gasteiger partial charge in [0.05, 0.1) is 12.2 Å². The predicted octanol–water partition coefficient (Wildman–Crippen LogP) is 2.67. The average molecular weight is 265 g/mol. The van der Waals surface area contributed by atoms with Crippen molar-refractivity contribution in [1.29, 1.82) is 0 Å². The smallest absolute Gasteiger partial charge is 0.238 e. The first-order chi connectivity index (χ1) is 8.15. The normalized spacial score (nSPS) is 38.1. The van der Waals surface area contributed by atoms with Crippen LogP contribution in [0.15, 0.2) is 0 Å². The second-order valence-corrected chi connectivity index (χ2v) is 6.34. The summed E-state index contributed by atoms with van der Waals surface area (Å²) in [6.45, 7) is 3.79.